The fraction of sp³-hybridized carbons (Fsp3) is 0.333. The van der Waals surface area contributed by atoms with Crippen molar-refractivity contribution in [3.8, 4) is 0 Å². The molecule has 0 radical (unpaired) electrons. The lowest BCUT2D eigenvalue weighted by atomic mass is 9.81. The number of ether oxygens (including phenoxy) is 1. The Balaban J connectivity index is 1.41. The lowest BCUT2D eigenvalue weighted by Gasteiger charge is -2.19. The van der Waals surface area contributed by atoms with Crippen molar-refractivity contribution in [2.45, 2.75) is 32.6 Å². The van der Waals surface area contributed by atoms with Gasteiger partial charge in [-0.05, 0) is 55.7 Å². The Morgan fingerprint density at radius 3 is 2.35 bits per heavy atom. The summed E-state index contributed by atoms with van der Waals surface area (Å²) in [6, 6.07) is 13.5. The highest BCUT2D eigenvalue weighted by Crippen LogP contribution is 2.40. The summed E-state index contributed by atoms with van der Waals surface area (Å²) in [5.41, 5.74) is 2.16. The summed E-state index contributed by atoms with van der Waals surface area (Å²) in [6.07, 6.45) is 3.35. The zero-order chi connectivity index (χ0) is 22.0. The van der Waals surface area contributed by atoms with Gasteiger partial charge in [-0.15, -0.1) is 0 Å². The van der Waals surface area contributed by atoms with Gasteiger partial charge in [0.15, 0.2) is 6.61 Å². The molecule has 31 heavy (non-hydrogen) atoms. The first-order valence-corrected chi connectivity index (χ1v) is 10.5. The summed E-state index contributed by atoms with van der Waals surface area (Å²) in [6.45, 7) is 1.47. The molecule has 2 fully saturated rings. The smallest absolute Gasteiger partial charge is 0.338 e. The van der Waals surface area contributed by atoms with Crippen LogP contribution in [0.5, 0.6) is 0 Å². The van der Waals surface area contributed by atoms with Crippen molar-refractivity contribution in [3.63, 3.8) is 0 Å². The maximum Gasteiger partial charge on any atom is 0.338 e. The van der Waals surface area contributed by atoms with Crippen LogP contribution in [0.3, 0.4) is 0 Å². The number of carbonyl (C=O) groups is 4. The van der Waals surface area contributed by atoms with Crippen molar-refractivity contribution in [3.05, 3.63) is 59.7 Å². The van der Waals surface area contributed by atoms with Gasteiger partial charge < -0.3 is 10.1 Å². The predicted molar refractivity (Wildman–Crippen MR) is 114 cm³/mol. The molecule has 0 spiro atoms. The second-order valence-electron chi connectivity index (χ2n) is 8.05. The van der Waals surface area contributed by atoms with Gasteiger partial charge in [-0.3, -0.25) is 19.3 Å². The van der Waals surface area contributed by atoms with Gasteiger partial charge in [0.1, 0.15) is 0 Å². The Morgan fingerprint density at radius 1 is 1.00 bits per heavy atom. The van der Waals surface area contributed by atoms with Crippen LogP contribution >= 0.6 is 0 Å². The second-order valence-corrected chi connectivity index (χ2v) is 8.05. The number of imide groups is 1. The van der Waals surface area contributed by atoms with Crippen LogP contribution in [-0.4, -0.2) is 30.3 Å². The summed E-state index contributed by atoms with van der Waals surface area (Å²) >= 11 is 0. The topological polar surface area (TPSA) is 92.8 Å². The summed E-state index contributed by atoms with van der Waals surface area (Å²) in [4.78, 5) is 51.3. The average molecular weight is 420 g/mol. The number of anilines is 2. The van der Waals surface area contributed by atoms with E-state index in [1.165, 1.54) is 17.0 Å². The molecule has 1 saturated heterocycles. The number of hydrogen-bond donors (Lipinski definition) is 1. The van der Waals surface area contributed by atoms with Gasteiger partial charge in [-0.2, -0.15) is 0 Å². The van der Waals surface area contributed by atoms with Crippen LogP contribution < -0.4 is 10.2 Å². The van der Waals surface area contributed by atoms with E-state index in [4.69, 9.17) is 4.74 Å². The number of benzene rings is 2. The summed E-state index contributed by atoms with van der Waals surface area (Å²) in [7, 11) is 0. The van der Waals surface area contributed by atoms with Crippen LogP contribution in [0, 0.1) is 18.8 Å². The lowest BCUT2D eigenvalue weighted by Crippen LogP contribution is -2.31. The first-order chi connectivity index (χ1) is 14.9. The third kappa shape index (κ3) is 4.35. The number of amides is 3. The van der Waals surface area contributed by atoms with Crippen molar-refractivity contribution < 1.29 is 23.9 Å². The highest BCUT2D eigenvalue weighted by Gasteiger charge is 2.48. The summed E-state index contributed by atoms with van der Waals surface area (Å²) in [5.74, 6) is -2.07. The van der Waals surface area contributed by atoms with Gasteiger partial charge >= 0.3 is 5.97 Å². The third-order valence-electron chi connectivity index (χ3n) is 5.82. The van der Waals surface area contributed by atoms with Gasteiger partial charge in [0.25, 0.3) is 5.91 Å². The number of aryl methyl sites for hydroxylation is 1. The SMILES string of the molecule is Cc1cccc(NC(=O)COC(=O)c2cccc(N3C(=O)[C@H]4CCCC[C@H]4C3=O)c2)c1. The van der Waals surface area contributed by atoms with E-state index in [0.717, 1.165) is 31.2 Å². The summed E-state index contributed by atoms with van der Waals surface area (Å²) < 4.78 is 5.12. The van der Waals surface area contributed by atoms with Crippen LogP contribution in [-0.2, 0) is 19.1 Å². The molecule has 0 aromatic heterocycles. The van der Waals surface area contributed by atoms with Crippen LogP contribution in [0.4, 0.5) is 11.4 Å². The minimum Gasteiger partial charge on any atom is -0.452 e. The van der Waals surface area contributed by atoms with Gasteiger partial charge in [0.2, 0.25) is 11.8 Å². The largest absolute Gasteiger partial charge is 0.452 e. The van der Waals surface area contributed by atoms with Crippen molar-refractivity contribution >= 4 is 35.1 Å². The molecule has 0 unspecified atom stereocenters. The second kappa shape index (κ2) is 8.71. The lowest BCUT2D eigenvalue weighted by molar-refractivity contribution is -0.122. The normalized spacial score (nSPS) is 20.4. The number of fused-ring (bicyclic) bond motifs is 1. The predicted octanol–water partition coefficient (Wildman–Crippen LogP) is 3.47. The van der Waals surface area contributed by atoms with E-state index in [2.05, 4.69) is 5.32 Å². The molecule has 2 aromatic rings. The molecule has 3 amide bonds. The van der Waals surface area contributed by atoms with Crippen LogP contribution in [0.25, 0.3) is 0 Å². The van der Waals surface area contributed by atoms with E-state index in [-0.39, 0.29) is 29.2 Å². The van der Waals surface area contributed by atoms with Gasteiger partial charge in [-0.1, -0.05) is 31.0 Å². The molecule has 1 aliphatic carbocycles. The number of carbonyl (C=O) groups excluding carboxylic acids is 4. The number of nitrogens with zero attached hydrogens (tertiary/aromatic N) is 1. The molecule has 1 heterocycles. The minimum absolute atomic E-state index is 0.177. The fourth-order valence-corrected chi connectivity index (χ4v) is 4.32. The first kappa shape index (κ1) is 20.8. The van der Waals surface area contributed by atoms with Gasteiger partial charge in [0.05, 0.1) is 23.1 Å². The standard InChI is InChI=1S/C24H24N2O5/c1-15-6-4-8-17(12-15)25-21(27)14-31-24(30)16-7-5-9-18(13-16)26-22(28)19-10-2-3-11-20(19)23(26)29/h4-9,12-13,19-20H,2-3,10-11,14H2,1H3,(H,25,27)/t19-,20+. The molecular weight excluding hydrogens is 396 g/mol. The van der Waals surface area contributed by atoms with Crippen molar-refractivity contribution in [2.24, 2.45) is 11.8 Å². The molecule has 1 saturated carbocycles. The quantitative estimate of drug-likeness (QED) is 0.591. The number of nitrogens with one attached hydrogen (secondary N) is 1. The Kier molecular flexibility index (Phi) is 5.84. The Morgan fingerprint density at radius 2 is 1.68 bits per heavy atom. The van der Waals surface area contributed by atoms with Crippen LogP contribution in [0.2, 0.25) is 0 Å². The summed E-state index contributed by atoms with van der Waals surface area (Å²) in [5, 5.41) is 2.67. The van der Waals surface area contributed by atoms with E-state index in [0.29, 0.717) is 11.4 Å². The molecular formula is C24H24N2O5. The Hall–Kier alpha value is -3.48. The molecule has 7 heteroatoms. The van der Waals surface area contributed by atoms with Gasteiger partial charge in [-0.25, -0.2) is 4.79 Å². The number of esters is 1. The molecule has 2 aromatic carbocycles. The molecule has 160 valence electrons. The fourth-order valence-electron chi connectivity index (χ4n) is 4.32. The van der Waals surface area contributed by atoms with Gasteiger partial charge in [0, 0.05) is 5.69 Å². The average Bonchev–Trinajstić information content (AvgIpc) is 3.02. The molecule has 0 bridgehead atoms. The van der Waals surface area contributed by atoms with E-state index >= 15 is 0 Å². The monoisotopic (exact) mass is 420 g/mol. The minimum atomic E-state index is -0.697. The van der Waals surface area contributed by atoms with Crippen molar-refractivity contribution in [2.75, 3.05) is 16.8 Å². The number of hydrogen-bond acceptors (Lipinski definition) is 5. The molecule has 2 aliphatic rings. The highest BCUT2D eigenvalue weighted by molar-refractivity contribution is 6.22. The Bertz CT molecular complexity index is 1020. The van der Waals surface area contributed by atoms with E-state index in [1.54, 1.807) is 18.2 Å². The third-order valence-corrected chi connectivity index (χ3v) is 5.82. The molecule has 4 rings (SSSR count). The van der Waals surface area contributed by atoms with Crippen molar-refractivity contribution in [1.29, 1.82) is 0 Å². The van der Waals surface area contributed by atoms with Crippen molar-refractivity contribution in [1.82, 2.24) is 0 Å². The molecule has 1 aliphatic heterocycles. The zero-order valence-electron chi connectivity index (χ0n) is 17.3. The molecule has 1 N–H and O–H groups in total. The van der Waals surface area contributed by atoms with Crippen LogP contribution in [0.15, 0.2) is 48.5 Å². The Labute approximate surface area is 180 Å². The van der Waals surface area contributed by atoms with E-state index < -0.39 is 18.5 Å². The van der Waals surface area contributed by atoms with E-state index in [9.17, 15) is 19.2 Å². The maximum atomic E-state index is 12.8. The molecule has 2 atom stereocenters. The maximum absolute atomic E-state index is 12.8. The zero-order valence-corrected chi connectivity index (χ0v) is 17.3. The first-order valence-electron chi connectivity index (χ1n) is 10.5. The van der Waals surface area contributed by atoms with E-state index in [1.807, 2.05) is 25.1 Å². The molecule has 7 nitrogen and oxygen atoms in total. The number of rotatable bonds is 5. The highest BCUT2D eigenvalue weighted by atomic mass is 16.5. The van der Waals surface area contributed by atoms with Crippen LogP contribution in [0.1, 0.15) is 41.6 Å².